The van der Waals surface area contributed by atoms with Crippen LogP contribution in [-0.2, 0) is 0 Å². The van der Waals surface area contributed by atoms with E-state index in [1.807, 2.05) is 18.3 Å². The van der Waals surface area contributed by atoms with Crippen LogP contribution >= 0.6 is 0 Å². The number of aryl methyl sites for hydroxylation is 1. The third kappa shape index (κ3) is 1.48. The summed E-state index contributed by atoms with van der Waals surface area (Å²) in [7, 11) is 0. The van der Waals surface area contributed by atoms with Gasteiger partial charge < -0.3 is 0 Å². The first-order valence-corrected chi connectivity index (χ1v) is 4.91. The first-order valence-electron chi connectivity index (χ1n) is 4.91. The van der Waals surface area contributed by atoms with Crippen molar-refractivity contribution < 1.29 is 0 Å². The Hall–Kier alpha value is -1.44. The van der Waals surface area contributed by atoms with E-state index < -0.39 is 0 Å². The van der Waals surface area contributed by atoms with Crippen LogP contribution in [0.25, 0.3) is 11.0 Å². The van der Waals surface area contributed by atoms with Crippen LogP contribution in [0, 0.1) is 6.92 Å². The third-order valence-corrected chi connectivity index (χ3v) is 2.44. The molecule has 72 valence electrons. The van der Waals surface area contributed by atoms with Crippen molar-refractivity contribution in [3.05, 3.63) is 35.7 Å². The lowest BCUT2D eigenvalue weighted by molar-refractivity contribution is 0.847. The van der Waals surface area contributed by atoms with E-state index in [9.17, 15) is 0 Å². The molecule has 0 aromatic carbocycles. The number of hydrogen-bond acceptors (Lipinski definition) is 2. The number of pyridine rings is 2. The standard InChI is InChI=1S/C12H14N2/c1-8(2)10-7-12-11(14-9(10)3)5-4-6-13-12/h4-8H,1-3H3. The average Bonchev–Trinajstić information content (AvgIpc) is 2.16. The fourth-order valence-corrected chi connectivity index (χ4v) is 1.70. The van der Waals surface area contributed by atoms with Gasteiger partial charge in [-0.25, -0.2) is 0 Å². The predicted octanol–water partition coefficient (Wildman–Crippen LogP) is 3.06. The molecule has 0 saturated heterocycles. The van der Waals surface area contributed by atoms with Gasteiger partial charge in [-0.2, -0.15) is 0 Å². The molecule has 0 bridgehead atoms. The number of nitrogens with zero attached hydrogens (tertiary/aromatic N) is 2. The zero-order valence-electron chi connectivity index (χ0n) is 8.78. The van der Waals surface area contributed by atoms with Crippen molar-refractivity contribution in [3.8, 4) is 0 Å². The Kier molecular flexibility index (Phi) is 2.20. The minimum Gasteiger partial charge on any atom is -0.255 e. The van der Waals surface area contributed by atoms with Crippen molar-refractivity contribution in [1.82, 2.24) is 9.97 Å². The number of rotatable bonds is 1. The van der Waals surface area contributed by atoms with Crippen LogP contribution in [0.1, 0.15) is 31.0 Å². The second-order valence-electron chi connectivity index (χ2n) is 3.86. The maximum absolute atomic E-state index is 4.53. The highest BCUT2D eigenvalue weighted by molar-refractivity contribution is 5.74. The Morgan fingerprint density at radius 1 is 1.21 bits per heavy atom. The van der Waals surface area contributed by atoms with E-state index in [2.05, 4.69) is 36.8 Å². The molecule has 14 heavy (non-hydrogen) atoms. The Morgan fingerprint density at radius 2 is 2.00 bits per heavy atom. The second kappa shape index (κ2) is 3.37. The Labute approximate surface area is 84.0 Å². The van der Waals surface area contributed by atoms with Gasteiger partial charge in [-0.05, 0) is 36.6 Å². The van der Waals surface area contributed by atoms with Gasteiger partial charge in [0.25, 0.3) is 0 Å². The van der Waals surface area contributed by atoms with Gasteiger partial charge in [0.2, 0.25) is 0 Å². The molecule has 0 saturated carbocycles. The van der Waals surface area contributed by atoms with E-state index >= 15 is 0 Å². The van der Waals surface area contributed by atoms with Crippen molar-refractivity contribution in [1.29, 1.82) is 0 Å². The number of aromatic nitrogens is 2. The summed E-state index contributed by atoms with van der Waals surface area (Å²) in [6, 6.07) is 6.06. The van der Waals surface area contributed by atoms with Crippen LogP contribution < -0.4 is 0 Å². The predicted molar refractivity (Wildman–Crippen MR) is 58.4 cm³/mol. The Bertz CT molecular complexity index is 461. The molecule has 2 heteroatoms. The second-order valence-corrected chi connectivity index (χ2v) is 3.86. The maximum atomic E-state index is 4.53. The molecule has 2 aromatic rings. The van der Waals surface area contributed by atoms with Gasteiger partial charge in [0, 0.05) is 11.9 Å². The largest absolute Gasteiger partial charge is 0.255 e. The molecule has 2 aromatic heterocycles. The number of hydrogen-bond donors (Lipinski definition) is 0. The van der Waals surface area contributed by atoms with Crippen LogP contribution in [0.3, 0.4) is 0 Å². The summed E-state index contributed by atoms with van der Waals surface area (Å²) in [5, 5.41) is 0. The molecule has 0 aliphatic carbocycles. The van der Waals surface area contributed by atoms with E-state index in [1.54, 1.807) is 0 Å². The van der Waals surface area contributed by atoms with Gasteiger partial charge in [0.05, 0.1) is 11.0 Å². The van der Waals surface area contributed by atoms with Gasteiger partial charge >= 0.3 is 0 Å². The zero-order valence-corrected chi connectivity index (χ0v) is 8.78. The minimum absolute atomic E-state index is 0.508. The zero-order chi connectivity index (χ0) is 10.1. The van der Waals surface area contributed by atoms with E-state index in [-0.39, 0.29) is 0 Å². The molecule has 0 aliphatic heterocycles. The minimum atomic E-state index is 0.508. The van der Waals surface area contributed by atoms with Crippen molar-refractivity contribution in [2.45, 2.75) is 26.7 Å². The highest BCUT2D eigenvalue weighted by atomic mass is 14.8. The lowest BCUT2D eigenvalue weighted by Gasteiger charge is -2.09. The maximum Gasteiger partial charge on any atom is 0.0890 e. The smallest absolute Gasteiger partial charge is 0.0890 e. The molecule has 0 aliphatic rings. The molecule has 0 amide bonds. The van der Waals surface area contributed by atoms with Crippen LogP contribution in [0.4, 0.5) is 0 Å². The molecule has 2 rings (SSSR count). The van der Waals surface area contributed by atoms with Gasteiger partial charge in [0.15, 0.2) is 0 Å². The molecule has 0 spiro atoms. The summed E-state index contributed by atoms with van der Waals surface area (Å²) in [5.74, 6) is 0.508. The van der Waals surface area contributed by atoms with Crippen molar-refractivity contribution >= 4 is 11.0 Å². The van der Waals surface area contributed by atoms with Crippen LogP contribution in [0.2, 0.25) is 0 Å². The summed E-state index contributed by atoms with van der Waals surface area (Å²) in [5.41, 5.74) is 4.37. The van der Waals surface area contributed by atoms with Gasteiger partial charge in [0.1, 0.15) is 0 Å². The normalized spacial score (nSPS) is 11.1. The average molecular weight is 186 g/mol. The quantitative estimate of drug-likeness (QED) is 0.684. The SMILES string of the molecule is Cc1nc2cccnc2cc1C(C)C. The van der Waals surface area contributed by atoms with Gasteiger partial charge in [-0.3, -0.25) is 9.97 Å². The molecule has 0 atom stereocenters. The third-order valence-electron chi connectivity index (χ3n) is 2.44. The summed E-state index contributed by atoms with van der Waals surface area (Å²) >= 11 is 0. The Balaban J connectivity index is 2.71. The van der Waals surface area contributed by atoms with E-state index in [4.69, 9.17) is 0 Å². The molecule has 2 nitrogen and oxygen atoms in total. The van der Waals surface area contributed by atoms with E-state index in [0.29, 0.717) is 5.92 Å². The van der Waals surface area contributed by atoms with Crippen molar-refractivity contribution in [3.63, 3.8) is 0 Å². The summed E-state index contributed by atoms with van der Waals surface area (Å²) in [4.78, 5) is 8.84. The molecule has 0 fully saturated rings. The lowest BCUT2D eigenvalue weighted by Crippen LogP contribution is -1.96. The monoisotopic (exact) mass is 186 g/mol. The van der Waals surface area contributed by atoms with Crippen LogP contribution in [0.5, 0.6) is 0 Å². The van der Waals surface area contributed by atoms with Gasteiger partial charge in [-0.1, -0.05) is 13.8 Å². The van der Waals surface area contributed by atoms with Crippen LogP contribution in [0.15, 0.2) is 24.4 Å². The highest BCUT2D eigenvalue weighted by Crippen LogP contribution is 2.21. The van der Waals surface area contributed by atoms with E-state index in [1.165, 1.54) is 5.56 Å². The van der Waals surface area contributed by atoms with E-state index in [0.717, 1.165) is 16.7 Å². The van der Waals surface area contributed by atoms with Crippen molar-refractivity contribution in [2.75, 3.05) is 0 Å². The Morgan fingerprint density at radius 3 is 2.71 bits per heavy atom. The number of fused-ring (bicyclic) bond motifs is 1. The molecule has 0 radical (unpaired) electrons. The fourth-order valence-electron chi connectivity index (χ4n) is 1.70. The van der Waals surface area contributed by atoms with Crippen molar-refractivity contribution in [2.24, 2.45) is 0 Å². The van der Waals surface area contributed by atoms with Gasteiger partial charge in [-0.15, -0.1) is 0 Å². The van der Waals surface area contributed by atoms with Crippen LogP contribution in [-0.4, -0.2) is 9.97 Å². The topological polar surface area (TPSA) is 25.8 Å². The molecule has 0 N–H and O–H groups in total. The first kappa shape index (κ1) is 9.13. The molecular weight excluding hydrogens is 172 g/mol. The molecule has 2 heterocycles. The summed E-state index contributed by atoms with van der Waals surface area (Å²) < 4.78 is 0. The summed E-state index contributed by atoms with van der Waals surface area (Å²) in [6.45, 7) is 6.42. The molecular formula is C12H14N2. The summed E-state index contributed by atoms with van der Waals surface area (Å²) in [6.07, 6.45) is 1.81. The fraction of sp³-hybridized carbons (Fsp3) is 0.333. The lowest BCUT2D eigenvalue weighted by atomic mass is 10.0. The first-order chi connectivity index (χ1) is 6.68. The highest BCUT2D eigenvalue weighted by Gasteiger charge is 2.06. The molecule has 0 unspecified atom stereocenters.